The van der Waals surface area contributed by atoms with Crippen molar-refractivity contribution < 1.29 is 18.8 Å². The Bertz CT molecular complexity index is 1160. The summed E-state index contributed by atoms with van der Waals surface area (Å²) in [5, 5.41) is 18.6. The first kappa shape index (κ1) is 21.8. The molecule has 176 valence electrons. The van der Waals surface area contributed by atoms with Crippen LogP contribution in [-0.2, 0) is 6.42 Å². The minimum absolute atomic E-state index is 0.133. The fourth-order valence-electron chi connectivity index (χ4n) is 5.15. The topological polar surface area (TPSA) is 101 Å². The molecule has 2 aromatic heterocycles. The number of hydrogen-bond acceptors (Lipinski definition) is 6. The van der Waals surface area contributed by atoms with Crippen LogP contribution in [0.3, 0.4) is 0 Å². The number of hydrogen-bond donors (Lipinski definition) is 1. The second-order valence-corrected chi connectivity index (χ2v) is 9.58. The van der Waals surface area contributed by atoms with E-state index in [0.29, 0.717) is 42.8 Å². The van der Waals surface area contributed by atoms with E-state index in [1.807, 2.05) is 19.9 Å². The van der Waals surface area contributed by atoms with Gasteiger partial charge in [0, 0.05) is 38.0 Å². The molecular weight excluding hydrogens is 427 g/mol. The van der Waals surface area contributed by atoms with Crippen LogP contribution in [-0.4, -0.2) is 73.6 Å². The van der Waals surface area contributed by atoms with Crippen molar-refractivity contribution in [2.24, 2.45) is 11.8 Å². The van der Waals surface area contributed by atoms with Crippen LogP contribution >= 0.6 is 0 Å². The van der Waals surface area contributed by atoms with E-state index < -0.39 is 6.09 Å². The number of carbonyl (C=O) groups is 1. The van der Waals surface area contributed by atoms with Gasteiger partial charge in [0.25, 0.3) is 5.95 Å². The maximum Gasteiger partial charge on any atom is 0.407 e. The summed E-state index contributed by atoms with van der Waals surface area (Å²) in [5.41, 5.74) is 1.17. The van der Waals surface area contributed by atoms with Gasteiger partial charge < -0.3 is 19.4 Å². The summed E-state index contributed by atoms with van der Waals surface area (Å²) < 4.78 is 21.6. The van der Waals surface area contributed by atoms with Gasteiger partial charge in [-0.25, -0.2) is 9.18 Å². The van der Waals surface area contributed by atoms with E-state index in [2.05, 4.69) is 20.1 Å². The number of benzene rings is 1. The van der Waals surface area contributed by atoms with Crippen molar-refractivity contribution in [3.63, 3.8) is 0 Å². The lowest BCUT2D eigenvalue weighted by molar-refractivity contribution is 0.152. The number of likely N-dealkylation sites (tertiary alicyclic amines) is 2. The molecule has 0 spiro atoms. The van der Waals surface area contributed by atoms with Crippen molar-refractivity contribution in [3.8, 4) is 5.95 Å². The Morgan fingerprint density at radius 2 is 2.06 bits per heavy atom. The molecule has 4 heterocycles. The highest BCUT2D eigenvalue weighted by molar-refractivity contribution is 5.84. The molecule has 1 N–H and O–H groups in total. The van der Waals surface area contributed by atoms with Gasteiger partial charge in [-0.1, -0.05) is 26.0 Å². The van der Waals surface area contributed by atoms with Gasteiger partial charge in [0.1, 0.15) is 11.3 Å². The van der Waals surface area contributed by atoms with E-state index in [9.17, 15) is 9.18 Å². The fraction of sp³-hybridized carbons (Fsp3) is 0.565. The zero-order valence-corrected chi connectivity index (χ0v) is 18.9. The Hall–Kier alpha value is -3.01. The monoisotopic (exact) mass is 456 g/mol. The molecular formula is C23H29FN6O3. The number of amides is 1. The molecule has 1 amide bonds. The van der Waals surface area contributed by atoms with Gasteiger partial charge >= 0.3 is 6.09 Å². The van der Waals surface area contributed by atoms with Crippen molar-refractivity contribution in [1.29, 1.82) is 0 Å². The molecule has 2 aliphatic rings. The van der Waals surface area contributed by atoms with E-state index in [1.165, 1.54) is 15.6 Å². The van der Waals surface area contributed by atoms with E-state index in [4.69, 9.17) is 9.63 Å². The summed E-state index contributed by atoms with van der Waals surface area (Å²) in [6, 6.07) is 4.97. The Morgan fingerprint density at radius 1 is 1.24 bits per heavy atom. The number of fused-ring (bicyclic) bond motifs is 1. The molecule has 3 aromatic rings. The van der Waals surface area contributed by atoms with Crippen molar-refractivity contribution in [3.05, 3.63) is 35.6 Å². The predicted molar refractivity (Wildman–Crippen MR) is 119 cm³/mol. The van der Waals surface area contributed by atoms with E-state index in [1.54, 1.807) is 6.07 Å². The largest absolute Gasteiger partial charge is 0.465 e. The van der Waals surface area contributed by atoms with Gasteiger partial charge in [-0.15, -0.1) is 0 Å². The van der Waals surface area contributed by atoms with Crippen LogP contribution in [0.1, 0.15) is 44.2 Å². The molecule has 1 aromatic carbocycles. The normalized spacial score (nSPS) is 21.6. The number of para-hydroxylation sites is 1. The standard InChI is InChI=1S/C23H29FN6O3/c1-14(2)20-17-4-3-5-18(24)21(17)30(26-20)22-25-19(33-27-22)10-15-6-8-28(11-15)12-16-7-9-29(13-16)23(31)32/h3-5,14-16H,6-13H2,1-2H3,(H,31,32)/t15-,16-/m1/s1. The molecule has 2 atom stereocenters. The van der Waals surface area contributed by atoms with Gasteiger partial charge in [-0.05, 0) is 48.4 Å². The second-order valence-electron chi connectivity index (χ2n) is 9.58. The van der Waals surface area contributed by atoms with Crippen LogP contribution in [0.2, 0.25) is 0 Å². The van der Waals surface area contributed by atoms with Gasteiger partial charge in [0.2, 0.25) is 5.89 Å². The smallest absolute Gasteiger partial charge is 0.407 e. The highest BCUT2D eigenvalue weighted by Crippen LogP contribution is 2.29. The highest BCUT2D eigenvalue weighted by Gasteiger charge is 2.31. The average Bonchev–Trinajstić information content (AvgIpc) is 3.55. The summed E-state index contributed by atoms with van der Waals surface area (Å²) >= 11 is 0. The van der Waals surface area contributed by atoms with Crippen LogP contribution in [0.25, 0.3) is 16.9 Å². The summed E-state index contributed by atoms with van der Waals surface area (Å²) in [6.07, 6.45) is 1.79. The molecule has 0 unspecified atom stereocenters. The van der Waals surface area contributed by atoms with Crippen molar-refractivity contribution in [2.45, 2.75) is 39.0 Å². The molecule has 0 radical (unpaired) electrons. The Balaban J connectivity index is 1.25. The minimum atomic E-state index is -0.825. The van der Waals surface area contributed by atoms with Crippen LogP contribution in [0.15, 0.2) is 22.7 Å². The number of halogens is 1. The summed E-state index contributed by atoms with van der Waals surface area (Å²) in [5.74, 6) is 1.34. The van der Waals surface area contributed by atoms with Crippen molar-refractivity contribution in [2.75, 3.05) is 32.7 Å². The highest BCUT2D eigenvalue weighted by atomic mass is 19.1. The fourth-order valence-corrected chi connectivity index (χ4v) is 5.15. The van der Waals surface area contributed by atoms with Gasteiger partial charge in [-0.3, -0.25) is 0 Å². The van der Waals surface area contributed by atoms with E-state index in [0.717, 1.165) is 43.6 Å². The van der Waals surface area contributed by atoms with Gasteiger partial charge in [-0.2, -0.15) is 14.8 Å². The summed E-state index contributed by atoms with van der Waals surface area (Å²) in [6.45, 7) is 8.14. The lowest BCUT2D eigenvalue weighted by atomic mass is 10.1. The number of rotatable bonds is 6. The van der Waals surface area contributed by atoms with Crippen LogP contribution in [0, 0.1) is 17.7 Å². The van der Waals surface area contributed by atoms with Gasteiger partial charge in [0.15, 0.2) is 0 Å². The average molecular weight is 457 g/mol. The Labute approximate surface area is 191 Å². The first-order valence-corrected chi connectivity index (χ1v) is 11.6. The van der Waals surface area contributed by atoms with E-state index in [-0.39, 0.29) is 17.7 Å². The molecule has 33 heavy (non-hydrogen) atoms. The molecule has 2 fully saturated rings. The maximum absolute atomic E-state index is 14.6. The number of aromatic nitrogens is 4. The third-order valence-corrected chi connectivity index (χ3v) is 6.78. The zero-order chi connectivity index (χ0) is 23.1. The van der Waals surface area contributed by atoms with Gasteiger partial charge in [0.05, 0.1) is 5.69 Å². The minimum Gasteiger partial charge on any atom is -0.465 e. The molecule has 0 bridgehead atoms. The molecule has 2 saturated heterocycles. The third-order valence-electron chi connectivity index (χ3n) is 6.78. The molecule has 10 heteroatoms. The third kappa shape index (κ3) is 4.31. The Kier molecular flexibility index (Phi) is 5.77. The number of carboxylic acid groups (broad SMARTS) is 1. The van der Waals surface area contributed by atoms with Crippen molar-refractivity contribution >= 4 is 17.0 Å². The molecule has 9 nitrogen and oxygen atoms in total. The lowest BCUT2D eigenvalue weighted by Crippen LogP contribution is -2.31. The SMILES string of the molecule is CC(C)c1nn(-c2noc(C[C@H]3CCN(C[C@H]4CCN(C(=O)O)C4)C3)n2)c2c(F)cccc12. The quantitative estimate of drug-likeness (QED) is 0.605. The van der Waals surface area contributed by atoms with Crippen LogP contribution in [0.4, 0.5) is 9.18 Å². The van der Waals surface area contributed by atoms with Crippen molar-refractivity contribution in [1.82, 2.24) is 29.7 Å². The maximum atomic E-state index is 14.6. The first-order valence-electron chi connectivity index (χ1n) is 11.6. The molecule has 0 aliphatic carbocycles. The molecule has 5 rings (SSSR count). The molecule has 0 saturated carbocycles. The summed E-state index contributed by atoms with van der Waals surface area (Å²) in [4.78, 5) is 19.6. The number of nitrogens with zero attached hydrogens (tertiary/aromatic N) is 6. The van der Waals surface area contributed by atoms with Crippen LogP contribution < -0.4 is 0 Å². The lowest BCUT2D eigenvalue weighted by Gasteiger charge is -2.20. The first-order chi connectivity index (χ1) is 15.9. The summed E-state index contributed by atoms with van der Waals surface area (Å²) in [7, 11) is 0. The Morgan fingerprint density at radius 3 is 2.82 bits per heavy atom. The van der Waals surface area contributed by atoms with Crippen LogP contribution in [0.5, 0.6) is 0 Å². The zero-order valence-electron chi connectivity index (χ0n) is 18.9. The molecule has 2 aliphatic heterocycles. The van der Waals surface area contributed by atoms with E-state index >= 15 is 0 Å². The predicted octanol–water partition coefficient (Wildman–Crippen LogP) is 3.54. The second kappa shape index (κ2) is 8.74.